The molecule has 1 aliphatic carbocycles. The number of carbonyl (C=O) groups is 1. The highest BCUT2D eigenvalue weighted by molar-refractivity contribution is 6.07. The first kappa shape index (κ1) is 12.3. The van der Waals surface area contributed by atoms with Crippen LogP contribution in [0.1, 0.15) is 31.2 Å². The van der Waals surface area contributed by atoms with Crippen molar-refractivity contribution < 1.29 is 13.6 Å². The van der Waals surface area contributed by atoms with Gasteiger partial charge >= 0.3 is 0 Å². The molecule has 0 atom stereocenters. The van der Waals surface area contributed by atoms with Gasteiger partial charge in [-0.15, -0.1) is 0 Å². The average molecular weight is 267 g/mol. The van der Waals surface area contributed by atoms with Crippen molar-refractivity contribution in [3.8, 4) is 0 Å². The van der Waals surface area contributed by atoms with E-state index in [0.29, 0.717) is 11.5 Å². The van der Waals surface area contributed by atoms with Crippen LogP contribution in [-0.2, 0) is 10.2 Å². The van der Waals surface area contributed by atoms with E-state index in [4.69, 9.17) is 5.73 Å². The number of rotatable bonds is 0. The van der Waals surface area contributed by atoms with Crippen LogP contribution in [0.2, 0.25) is 0 Å². The summed E-state index contributed by atoms with van der Waals surface area (Å²) in [6.45, 7) is 0. The van der Waals surface area contributed by atoms with Crippen molar-refractivity contribution in [3.05, 3.63) is 17.8 Å². The van der Waals surface area contributed by atoms with Crippen LogP contribution in [0.3, 0.4) is 0 Å². The second kappa shape index (κ2) is 3.65. The van der Waals surface area contributed by atoms with Gasteiger partial charge in [0, 0.05) is 19.9 Å². The molecule has 1 spiro atoms. The van der Waals surface area contributed by atoms with Gasteiger partial charge in [0.15, 0.2) is 0 Å². The Labute approximate surface area is 109 Å². The molecular weight excluding hydrogens is 252 g/mol. The number of nitrogens with zero attached hydrogens (tertiary/aromatic N) is 2. The number of aromatic nitrogens is 1. The summed E-state index contributed by atoms with van der Waals surface area (Å²) in [7, 11) is 1.65. The summed E-state index contributed by atoms with van der Waals surface area (Å²) in [6.07, 6.45) is 1.37. The van der Waals surface area contributed by atoms with Crippen LogP contribution in [0, 0.1) is 0 Å². The highest BCUT2D eigenvalue weighted by Gasteiger charge is 2.54. The normalized spacial score (nSPS) is 23.7. The van der Waals surface area contributed by atoms with Crippen LogP contribution in [0.4, 0.5) is 20.3 Å². The number of hydrogen-bond acceptors (Lipinski definition) is 3. The lowest BCUT2D eigenvalue weighted by molar-refractivity contribution is -0.127. The Morgan fingerprint density at radius 3 is 2.58 bits per heavy atom. The SMILES string of the molecule is CN1C(=O)C2(CCC(F)(F)CC2)c2cc(N)ncc21. The molecular formula is C13H15F2N3O. The molecule has 0 saturated heterocycles. The van der Waals surface area contributed by atoms with E-state index in [1.54, 1.807) is 19.3 Å². The third-order valence-corrected chi connectivity index (χ3v) is 4.33. The monoisotopic (exact) mass is 267 g/mol. The largest absolute Gasteiger partial charge is 0.384 e. The first-order valence-electron chi connectivity index (χ1n) is 6.28. The van der Waals surface area contributed by atoms with Gasteiger partial charge < -0.3 is 10.6 Å². The van der Waals surface area contributed by atoms with Gasteiger partial charge in [-0.3, -0.25) is 4.79 Å². The smallest absolute Gasteiger partial charge is 0.248 e. The summed E-state index contributed by atoms with van der Waals surface area (Å²) in [4.78, 5) is 18.0. The maximum absolute atomic E-state index is 13.4. The van der Waals surface area contributed by atoms with Gasteiger partial charge in [-0.25, -0.2) is 13.8 Å². The first-order valence-corrected chi connectivity index (χ1v) is 6.28. The van der Waals surface area contributed by atoms with Gasteiger partial charge in [-0.1, -0.05) is 0 Å². The molecule has 0 unspecified atom stereocenters. The lowest BCUT2D eigenvalue weighted by Gasteiger charge is -2.35. The predicted molar refractivity (Wildman–Crippen MR) is 67.2 cm³/mol. The zero-order valence-electron chi connectivity index (χ0n) is 10.6. The molecule has 102 valence electrons. The van der Waals surface area contributed by atoms with E-state index in [9.17, 15) is 13.6 Å². The molecule has 3 rings (SSSR count). The van der Waals surface area contributed by atoms with Crippen LogP contribution in [-0.4, -0.2) is 23.9 Å². The fourth-order valence-electron chi connectivity index (χ4n) is 3.19. The fourth-order valence-corrected chi connectivity index (χ4v) is 3.19. The number of amides is 1. The van der Waals surface area contributed by atoms with E-state index in [2.05, 4.69) is 4.98 Å². The van der Waals surface area contributed by atoms with Crippen LogP contribution in [0.5, 0.6) is 0 Å². The lowest BCUT2D eigenvalue weighted by atomic mass is 9.69. The lowest BCUT2D eigenvalue weighted by Crippen LogP contribution is -2.44. The summed E-state index contributed by atoms with van der Waals surface area (Å²) < 4.78 is 26.7. The Morgan fingerprint density at radius 1 is 1.32 bits per heavy atom. The molecule has 4 nitrogen and oxygen atoms in total. The quantitative estimate of drug-likeness (QED) is 0.783. The number of fused-ring (bicyclic) bond motifs is 2. The summed E-state index contributed by atoms with van der Waals surface area (Å²) >= 11 is 0. The highest BCUT2D eigenvalue weighted by Crippen LogP contribution is 2.52. The third-order valence-electron chi connectivity index (χ3n) is 4.33. The standard InChI is InChI=1S/C13H15F2N3O/c1-18-9-7-17-10(16)6-8(9)12(11(18)19)2-4-13(14,15)5-3-12/h6-7H,2-5H2,1H3,(H2,16,17). The van der Waals surface area contributed by atoms with E-state index in [1.165, 1.54) is 4.90 Å². The van der Waals surface area contributed by atoms with Gasteiger partial charge in [-0.05, 0) is 24.5 Å². The predicted octanol–water partition coefficient (Wildman–Crippen LogP) is 2.09. The molecule has 2 aliphatic rings. The first-order chi connectivity index (χ1) is 8.86. The Morgan fingerprint density at radius 2 is 1.95 bits per heavy atom. The average Bonchev–Trinajstić information content (AvgIpc) is 2.56. The summed E-state index contributed by atoms with van der Waals surface area (Å²) in [6, 6.07) is 1.65. The van der Waals surface area contributed by atoms with E-state index < -0.39 is 11.3 Å². The van der Waals surface area contributed by atoms with Crippen LogP contribution in [0.15, 0.2) is 12.3 Å². The second-order valence-corrected chi connectivity index (χ2v) is 5.43. The third kappa shape index (κ3) is 1.62. The van der Waals surface area contributed by atoms with Gasteiger partial charge in [0.2, 0.25) is 11.8 Å². The second-order valence-electron chi connectivity index (χ2n) is 5.43. The molecule has 1 fully saturated rings. The Bertz CT molecular complexity index is 549. The number of hydrogen-bond donors (Lipinski definition) is 1. The summed E-state index contributed by atoms with van der Waals surface area (Å²) in [5, 5.41) is 0. The van der Waals surface area contributed by atoms with Crippen LogP contribution >= 0.6 is 0 Å². The van der Waals surface area contributed by atoms with E-state index >= 15 is 0 Å². The fraction of sp³-hybridized carbons (Fsp3) is 0.538. The number of carbonyl (C=O) groups excluding carboxylic acids is 1. The van der Waals surface area contributed by atoms with Crippen molar-refractivity contribution in [3.63, 3.8) is 0 Å². The molecule has 1 saturated carbocycles. The molecule has 1 amide bonds. The Hall–Kier alpha value is -1.72. The zero-order chi connectivity index (χ0) is 13.8. The minimum atomic E-state index is -2.66. The van der Waals surface area contributed by atoms with Gasteiger partial charge in [0.1, 0.15) is 5.82 Å². The number of anilines is 2. The number of pyridine rings is 1. The number of nitrogens with two attached hydrogens (primary N) is 1. The van der Waals surface area contributed by atoms with Crippen molar-refractivity contribution in [2.24, 2.45) is 0 Å². The molecule has 0 aromatic carbocycles. The topological polar surface area (TPSA) is 59.2 Å². The van der Waals surface area contributed by atoms with Crippen LogP contribution < -0.4 is 10.6 Å². The molecule has 1 aliphatic heterocycles. The van der Waals surface area contributed by atoms with Crippen molar-refractivity contribution in [1.82, 2.24) is 4.98 Å². The Kier molecular flexibility index (Phi) is 2.37. The number of nitrogen functional groups attached to an aromatic ring is 1. The molecule has 2 N–H and O–H groups in total. The number of likely N-dealkylation sites (N-methyl/N-ethyl adjacent to an activating group) is 1. The maximum atomic E-state index is 13.4. The van der Waals surface area contributed by atoms with Crippen molar-refractivity contribution in [2.45, 2.75) is 37.0 Å². The minimum Gasteiger partial charge on any atom is -0.384 e. The van der Waals surface area contributed by atoms with E-state index in [0.717, 1.165) is 5.56 Å². The van der Waals surface area contributed by atoms with Crippen molar-refractivity contribution >= 4 is 17.4 Å². The van der Waals surface area contributed by atoms with Crippen molar-refractivity contribution in [1.29, 1.82) is 0 Å². The molecule has 1 aromatic heterocycles. The molecule has 0 bridgehead atoms. The van der Waals surface area contributed by atoms with E-state index in [-0.39, 0.29) is 31.6 Å². The van der Waals surface area contributed by atoms with Crippen LogP contribution in [0.25, 0.3) is 0 Å². The summed E-state index contributed by atoms with van der Waals surface area (Å²) in [5.41, 5.74) is 6.28. The molecule has 1 aromatic rings. The number of halogens is 2. The zero-order valence-corrected chi connectivity index (χ0v) is 10.6. The summed E-state index contributed by atoms with van der Waals surface area (Å²) in [5.74, 6) is -2.46. The van der Waals surface area contributed by atoms with Gasteiger partial charge in [0.05, 0.1) is 17.3 Å². The van der Waals surface area contributed by atoms with Crippen molar-refractivity contribution in [2.75, 3.05) is 17.7 Å². The van der Waals surface area contributed by atoms with Gasteiger partial charge in [0.25, 0.3) is 0 Å². The number of alkyl halides is 2. The Balaban J connectivity index is 2.08. The van der Waals surface area contributed by atoms with E-state index in [1.807, 2.05) is 0 Å². The maximum Gasteiger partial charge on any atom is 0.248 e. The molecule has 2 heterocycles. The molecule has 19 heavy (non-hydrogen) atoms. The minimum absolute atomic E-state index is 0.120. The molecule has 6 heteroatoms. The van der Waals surface area contributed by atoms with Gasteiger partial charge in [-0.2, -0.15) is 0 Å². The molecule has 0 radical (unpaired) electrons. The highest BCUT2D eigenvalue weighted by atomic mass is 19.3.